The summed E-state index contributed by atoms with van der Waals surface area (Å²) in [5.41, 5.74) is 1.17. The van der Waals surface area contributed by atoms with Gasteiger partial charge < -0.3 is 14.0 Å². The minimum Gasteiger partial charge on any atom is -0.492 e. The van der Waals surface area contributed by atoms with E-state index in [9.17, 15) is 13.2 Å². The average molecular weight is 488 g/mol. The maximum Gasteiger partial charge on any atom is 0.279 e. The van der Waals surface area contributed by atoms with E-state index in [0.29, 0.717) is 49.8 Å². The summed E-state index contributed by atoms with van der Waals surface area (Å²) in [4.78, 5) is 17.9. The second-order valence-corrected chi connectivity index (χ2v) is 10.2. The number of para-hydroxylation sites is 1. The molecule has 1 amide bonds. The minimum absolute atomic E-state index is 0.144. The molecule has 1 fully saturated rings. The molecule has 2 aromatic carbocycles. The zero-order valence-corrected chi connectivity index (χ0v) is 19.9. The van der Waals surface area contributed by atoms with Crippen molar-refractivity contribution in [1.82, 2.24) is 8.87 Å². The normalized spacial score (nSPS) is 15.6. The minimum atomic E-state index is -3.62. The molecule has 10 heteroatoms. The first-order valence-corrected chi connectivity index (χ1v) is 12.8. The van der Waals surface area contributed by atoms with Crippen LogP contribution in [0.5, 0.6) is 5.75 Å². The summed E-state index contributed by atoms with van der Waals surface area (Å²) in [6, 6.07) is 11.6. The first-order valence-electron chi connectivity index (χ1n) is 10.6. The second-order valence-electron chi connectivity index (χ2n) is 7.28. The van der Waals surface area contributed by atoms with Crippen molar-refractivity contribution in [1.29, 1.82) is 0 Å². The number of aromatic nitrogens is 1. The first kappa shape index (κ1) is 23.4. The van der Waals surface area contributed by atoms with Gasteiger partial charge in [0.15, 0.2) is 4.80 Å². The summed E-state index contributed by atoms with van der Waals surface area (Å²) in [7, 11) is -3.62. The van der Waals surface area contributed by atoms with Gasteiger partial charge in [0.05, 0.1) is 29.4 Å². The quantitative estimate of drug-likeness (QED) is 0.478. The lowest BCUT2D eigenvalue weighted by Gasteiger charge is -2.26. The van der Waals surface area contributed by atoms with Gasteiger partial charge in [-0.2, -0.15) is 9.30 Å². The summed E-state index contributed by atoms with van der Waals surface area (Å²) in [5.74, 6) is 0.271. The molecule has 4 rings (SSSR count). The smallest absolute Gasteiger partial charge is 0.279 e. The van der Waals surface area contributed by atoms with Crippen molar-refractivity contribution in [3.8, 4) is 5.75 Å². The number of hydrogen-bond donors (Lipinski definition) is 0. The Kier molecular flexibility index (Phi) is 7.08. The number of benzene rings is 2. The van der Waals surface area contributed by atoms with Crippen LogP contribution in [0.3, 0.4) is 0 Å². The summed E-state index contributed by atoms with van der Waals surface area (Å²) in [6.45, 7) is 8.10. The van der Waals surface area contributed by atoms with Crippen LogP contribution in [0.4, 0.5) is 0 Å². The number of carbonyl (C=O) groups is 1. The highest BCUT2D eigenvalue weighted by Gasteiger charge is 2.26. The van der Waals surface area contributed by atoms with Crippen molar-refractivity contribution in [2.45, 2.75) is 18.4 Å². The molecule has 0 aliphatic carbocycles. The van der Waals surface area contributed by atoms with Gasteiger partial charge in [0.25, 0.3) is 5.91 Å². The van der Waals surface area contributed by atoms with Crippen LogP contribution in [0.25, 0.3) is 10.2 Å². The van der Waals surface area contributed by atoms with Crippen molar-refractivity contribution in [3.05, 3.63) is 65.5 Å². The van der Waals surface area contributed by atoms with Crippen LogP contribution in [-0.2, 0) is 21.3 Å². The lowest BCUT2D eigenvalue weighted by molar-refractivity contribution is 0.0730. The van der Waals surface area contributed by atoms with Crippen LogP contribution >= 0.6 is 11.3 Å². The molecule has 2 heterocycles. The molecule has 8 nitrogen and oxygen atoms in total. The van der Waals surface area contributed by atoms with Crippen LogP contribution in [0.15, 0.2) is 65.0 Å². The van der Waals surface area contributed by atoms with Gasteiger partial charge in [-0.05, 0) is 43.3 Å². The lowest BCUT2D eigenvalue weighted by Crippen LogP contribution is -2.40. The molecule has 1 aromatic heterocycles. The standard InChI is InChI=1S/C23H25N3O5S2/c1-3-12-26-21-19(31-4-2)6-5-7-20(21)32-23(26)24-22(27)17-8-10-18(11-9-17)33(28,29)25-13-15-30-16-14-25/h3,5-11H,1,4,12-16H2,2H3. The molecule has 1 aliphatic rings. The largest absolute Gasteiger partial charge is 0.492 e. The molecule has 33 heavy (non-hydrogen) atoms. The predicted molar refractivity (Wildman–Crippen MR) is 127 cm³/mol. The number of morpholine rings is 1. The SMILES string of the molecule is C=CCn1c(=NC(=O)c2ccc(S(=O)(=O)N3CCOCC3)cc2)sc2cccc(OCC)c21. The monoisotopic (exact) mass is 487 g/mol. The van der Waals surface area contributed by atoms with Crippen LogP contribution < -0.4 is 9.54 Å². The number of hydrogen-bond acceptors (Lipinski definition) is 6. The number of carbonyl (C=O) groups excluding carboxylic acids is 1. The Morgan fingerprint density at radius 2 is 1.94 bits per heavy atom. The molecule has 174 valence electrons. The zero-order valence-electron chi connectivity index (χ0n) is 18.3. The molecule has 0 saturated carbocycles. The van der Waals surface area contributed by atoms with E-state index in [1.54, 1.807) is 6.08 Å². The van der Waals surface area contributed by atoms with Crippen molar-refractivity contribution in [2.75, 3.05) is 32.9 Å². The Hall–Kier alpha value is -2.79. The van der Waals surface area contributed by atoms with Gasteiger partial charge in [-0.3, -0.25) is 4.79 Å². The van der Waals surface area contributed by atoms with E-state index in [1.807, 2.05) is 29.7 Å². The van der Waals surface area contributed by atoms with Gasteiger partial charge in [0.2, 0.25) is 10.0 Å². The van der Waals surface area contributed by atoms with Gasteiger partial charge in [0, 0.05) is 25.2 Å². The molecule has 1 aliphatic heterocycles. The van der Waals surface area contributed by atoms with E-state index >= 15 is 0 Å². The average Bonchev–Trinajstić information content (AvgIpc) is 3.18. The third-order valence-corrected chi connectivity index (χ3v) is 8.14. The highest BCUT2D eigenvalue weighted by atomic mass is 32.2. The van der Waals surface area contributed by atoms with Gasteiger partial charge >= 0.3 is 0 Å². The number of amides is 1. The third kappa shape index (κ3) is 4.79. The van der Waals surface area contributed by atoms with E-state index in [4.69, 9.17) is 9.47 Å². The van der Waals surface area contributed by atoms with Crippen LogP contribution in [-0.4, -0.2) is 56.1 Å². The summed E-state index contributed by atoms with van der Waals surface area (Å²) in [6.07, 6.45) is 1.74. The number of ether oxygens (including phenoxy) is 2. The topological polar surface area (TPSA) is 90.2 Å². The van der Waals surface area contributed by atoms with E-state index in [1.165, 1.54) is 39.9 Å². The van der Waals surface area contributed by atoms with Crippen molar-refractivity contribution in [3.63, 3.8) is 0 Å². The molecular weight excluding hydrogens is 462 g/mol. The fraction of sp³-hybridized carbons (Fsp3) is 0.304. The number of thiazole rings is 1. The fourth-order valence-corrected chi connectivity index (χ4v) is 6.07. The summed E-state index contributed by atoms with van der Waals surface area (Å²) < 4.78 is 40.8. The van der Waals surface area contributed by atoms with Gasteiger partial charge in [-0.25, -0.2) is 8.42 Å². The molecule has 1 saturated heterocycles. The van der Waals surface area contributed by atoms with E-state index < -0.39 is 15.9 Å². The van der Waals surface area contributed by atoms with Crippen LogP contribution in [0, 0.1) is 0 Å². The Bertz CT molecular complexity index is 1330. The predicted octanol–water partition coefficient (Wildman–Crippen LogP) is 3.05. The Balaban J connectivity index is 1.67. The van der Waals surface area contributed by atoms with Crippen molar-refractivity contribution >= 4 is 37.5 Å². The maximum absolute atomic E-state index is 12.9. The van der Waals surface area contributed by atoms with E-state index in [-0.39, 0.29) is 4.90 Å². The van der Waals surface area contributed by atoms with Gasteiger partial charge in [0.1, 0.15) is 11.3 Å². The Morgan fingerprint density at radius 1 is 1.21 bits per heavy atom. The molecule has 0 bridgehead atoms. The summed E-state index contributed by atoms with van der Waals surface area (Å²) in [5, 5.41) is 0. The second kappa shape index (κ2) is 10.0. The Morgan fingerprint density at radius 3 is 2.61 bits per heavy atom. The maximum atomic E-state index is 12.9. The number of sulfonamides is 1. The molecule has 0 spiro atoms. The van der Waals surface area contributed by atoms with Crippen molar-refractivity contribution < 1.29 is 22.7 Å². The molecule has 0 radical (unpaired) electrons. The molecule has 0 unspecified atom stereocenters. The van der Waals surface area contributed by atoms with Crippen LogP contribution in [0.1, 0.15) is 17.3 Å². The van der Waals surface area contributed by atoms with Crippen molar-refractivity contribution in [2.24, 2.45) is 4.99 Å². The highest BCUT2D eigenvalue weighted by Crippen LogP contribution is 2.28. The lowest BCUT2D eigenvalue weighted by atomic mass is 10.2. The first-order chi connectivity index (χ1) is 16.0. The molecular formula is C23H25N3O5S2. The number of rotatable bonds is 7. The number of allylic oxidation sites excluding steroid dienone is 1. The van der Waals surface area contributed by atoms with Gasteiger partial charge in [-0.15, -0.1) is 6.58 Å². The molecule has 0 atom stereocenters. The van der Waals surface area contributed by atoms with E-state index in [2.05, 4.69) is 11.6 Å². The molecule has 0 N–H and O–H groups in total. The fourth-order valence-electron chi connectivity index (χ4n) is 3.61. The van der Waals surface area contributed by atoms with Crippen LogP contribution in [0.2, 0.25) is 0 Å². The van der Waals surface area contributed by atoms with Gasteiger partial charge in [-0.1, -0.05) is 23.5 Å². The summed E-state index contributed by atoms with van der Waals surface area (Å²) >= 11 is 1.39. The number of fused-ring (bicyclic) bond motifs is 1. The zero-order chi connectivity index (χ0) is 23.4. The number of nitrogens with zero attached hydrogens (tertiary/aromatic N) is 3. The highest BCUT2D eigenvalue weighted by molar-refractivity contribution is 7.89. The third-order valence-electron chi connectivity index (χ3n) is 5.18. The molecule has 3 aromatic rings. The van der Waals surface area contributed by atoms with E-state index in [0.717, 1.165) is 16.0 Å². The Labute approximate surface area is 196 Å².